The summed E-state index contributed by atoms with van der Waals surface area (Å²) in [7, 11) is 5.87. The number of thioether (sulfide) groups is 1. The lowest BCUT2D eigenvalue weighted by Crippen LogP contribution is -2.52. The number of aromatic nitrogens is 2. The molecule has 5 rings (SSSR count). The number of carbonyl (C=O) groups excluding carboxylic acids is 1. The Morgan fingerprint density at radius 1 is 1.23 bits per heavy atom. The molecule has 39 heavy (non-hydrogen) atoms. The van der Waals surface area contributed by atoms with Crippen LogP contribution in [0.5, 0.6) is 0 Å². The van der Waals surface area contributed by atoms with Crippen molar-refractivity contribution >= 4 is 63.9 Å². The second-order valence-electron chi connectivity index (χ2n) is 9.75. The van der Waals surface area contributed by atoms with Crippen LogP contribution in [0.1, 0.15) is 15.9 Å². The number of rotatable bonds is 8. The number of fused-ring (bicyclic) bond motifs is 1. The highest BCUT2D eigenvalue weighted by atomic mass is 35.5. The van der Waals surface area contributed by atoms with Crippen molar-refractivity contribution in [2.75, 3.05) is 68.4 Å². The van der Waals surface area contributed by atoms with E-state index in [0.29, 0.717) is 50.8 Å². The van der Waals surface area contributed by atoms with Gasteiger partial charge < -0.3 is 25.2 Å². The minimum atomic E-state index is -0.231. The quantitative estimate of drug-likeness (QED) is 0.363. The number of amides is 1. The average molecular weight is 589 g/mol. The molecule has 1 aromatic heterocycles. The third kappa shape index (κ3) is 6.26. The second kappa shape index (κ2) is 12.3. The fraction of sp³-hybridized carbons (Fsp3) is 0.370. The zero-order chi connectivity index (χ0) is 27.5. The normalized spacial score (nSPS) is 17.5. The number of methoxy groups -OCH3 is 1. The molecule has 2 aliphatic rings. The number of halogens is 2. The van der Waals surface area contributed by atoms with E-state index in [4.69, 9.17) is 27.9 Å². The van der Waals surface area contributed by atoms with Crippen molar-refractivity contribution in [3.8, 4) is 0 Å². The van der Waals surface area contributed by atoms with Gasteiger partial charge in [-0.05, 0) is 50.0 Å². The lowest BCUT2D eigenvalue weighted by atomic mass is 10.1. The molecule has 3 aromatic rings. The van der Waals surface area contributed by atoms with E-state index < -0.39 is 0 Å². The van der Waals surface area contributed by atoms with E-state index in [1.807, 2.05) is 6.07 Å². The van der Waals surface area contributed by atoms with Gasteiger partial charge in [-0.3, -0.25) is 9.69 Å². The Morgan fingerprint density at radius 3 is 2.77 bits per heavy atom. The molecule has 0 aliphatic carbocycles. The molecule has 206 valence electrons. The van der Waals surface area contributed by atoms with Crippen molar-refractivity contribution in [1.82, 2.24) is 20.2 Å². The van der Waals surface area contributed by atoms with Crippen LogP contribution in [0.25, 0.3) is 0 Å². The van der Waals surface area contributed by atoms with E-state index in [2.05, 4.69) is 56.6 Å². The predicted octanol–water partition coefficient (Wildman–Crippen LogP) is 4.72. The number of nitrogens with one attached hydrogen (secondary N) is 2. The van der Waals surface area contributed by atoms with Gasteiger partial charge >= 0.3 is 0 Å². The Labute approximate surface area is 242 Å². The maximum atomic E-state index is 13.3. The van der Waals surface area contributed by atoms with Crippen LogP contribution >= 0.6 is 35.0 Å². The first-order chi connectivity index (χ1) is 18.8. The van der Waals surface area contributed by atoms with Gasteiger partial charge in [-0.1, -0.05) is 41.0 Å². The molecule has 2 aromatic carbocycles. The van der Waals surface area contributed by atoms with E-state index in [1.54, 1.807) is 36.4 Å². The van der Waals surface area contributed by atoms with Gasteiger partial charge in [0, 0.05) is 56.9 Å². The zero-order valence-electron chi connectivity index (χ0n) is 22.1. The summed E-state index contributed by atoms with van der Waals surface area (Å²) in [6.07, 6.45) is 1.56. The molecule has 2 aliphatic heterocycles. The van der Waals surface area contributed by atoms with Crippen molar-refractivity contribution < 1.29 is 9.53 Å². The average Bonchev–Trinajstić information content (AvgIpc) is 2.90. The minimum Gasteiger partial charge on any atom is -0.383 e. The van der Waals surface area contributed by atoms with Crippen molar-refractivity contribution in [1.29, 1.82) is 0 Å². The first-order valence-electron chi connectivity index (χ1n) is 12.6. The number of anilines is 4. The maximum absolute atomic E-state index is 13.3. The Kier molecular flexibility index (Phi) is 8.80. The number of hydrogen-bond acceptors (Lipinski definition) is 9. The topological polar surface area (TPSA) is 85.9 Å². The molecule has 9 nitrogen and oxygen atoms in total. The second-order valence-corrected chi connectivity index (χ2v) is 11.5. The highest BCUT2D eigenvalue weighted by Gasteiger charge is 2.30. The molecule has 0 bridgehead atoms. The molecule has 1 saturated heterocycles. The van der Waals surface area contributed by atoms with Crippen molar-refractivity contribution in [2.45, 2.75) is 17.6 Å². The van der Waals surface area contributed by atoms with Gasteiger partial charge in [-0.25, -0.2) is 9.97 Å². The fourth-order valence-electron chi connectivity index (χ4n) is 4.85. The van der Waals surface area contributed by atoms with Crippen LogP contribution in [0, 0.1) is 0 Å². The van der Waals surface area contributed by atoms with E-state index in [0.717, 1.165) is 31.9 Å². The molecule has 1 atom stereocenters. The third-order valence-electron chi connectivity index (χ3n) is 6.55. The maximum Gasteiger partial charge on any atom is 0.263 e. The Bertz CT molecular complexity index is 1340. The number of piperazine rings is 1. The molecular formula is C27H31Cl2N7O2S. The summed E-state index contributed by atoms with van der Waals surface area (Å²) in [4.78, 5) is 28.5. The molecule has 3 heterocycles. The summed E-state index contributed by atoms with van der Waals surface area (Å²) < 4.78 is 5.37. The number of para-hydroxylation sites is 1. The summed E-state index contributed by atoms with van der Waals surface area (Å²) in [6.45, 7) is 4.20. The predicted molar refractivity (Wildman–Crippen MR) is 159 cm³/mol. The first-order valence-corrected chi connectivity index (χ1v) is 14.4. The Balaban J connectivity index is 1.36. The molecular weight excluding hydrogens is 557 g/mol. The SMILES string of the molecule is COCC1CN(c2ccc(Nc3ncc4c(n3)SCN(c3c(Cl)cccc3Cl)C4=O)cc2CN(C)C)CCN1. The van der Waals surface area contributed by atoms with Crippen molar-refractivity contribution in [3.63, 3.8) is 0 Å². The van der Waals surface area contributed by atoms with Gasteiger partial charge in [0.2, 0.25) is 5.95 Å². The standard InChI is InChI=1S/C27H31Cl2N7O2S/c1-34(2)13-17-11-18(7-8-23(17)35-10-9-30-19(14-35)15-38-3)32-27-31-12-20-25(33-27)39-16-36(26(20)37)24-21(28)5-4-6-22(24)29/h4-8,11-12,19,30H,9-10,13-16H2,1-3H3,(H,31,32,33). The zero-order valence-corrected chi connectivity index (χ0v) is 24.4. The number of benzene rings is 2. The monoisotopic (exact) mass is 587 g/mol. The highest BCUT2D eigenvalue weighted by Crippen LogP contribution is 2.39. The Hall–Kier alpha value is -2.60. The third-order valence-corrected chi connectivity index (χ3v) is 8.14. The van der Waals surface area contributed by atoms with Crippen LogP contribution < -0.4 is 20.4 Å². The van der Waals surface area contributed by atoms with E-state index in [-0.39, 0.29) is 5.91 Å². The minimum absolute atomic E-state index is 0.231. The van der Waals surface area contributed by atoms with E-state index >= 15 is 0 Å². The molecule has 1 fully saturated rings. The van der Waals surface area contributed by atoms with Crippen LogP contribution in [0.3, 0.4) is 0 Å². The van der Waals surface area contributed by atoms with Crippen LogP contribution in [-0.2, 0) is 11.3 Å². The molecule has 0 saturated carbocycles. The summed E-state index contributed by atoms with van der Waals surface area (Å²) in [5, 5.41) is 8.31. The van der Waals surface area contributed by atoms with Crippen molar-refractivity contribution in [3.05, 3.63) is 63.8 Å². The summed E-state index contributed by atoms with van der Waals surface area (Å²) >= 11 is 14.1. The summed E-state index contributed by atoms with van der Waals surface area (Å²) in [5.74, 6) is 0.553. The number of ether oxygens (including phenoxy) is 1. The van der Waals surface area contributed by atoms with Gasteiger partial charge in [0.05, 0.1) is 33.8 Å². The van der Waals surface area contributed by atoms with Crippen LogP contribution in [0.2, 0.25) is 10.0 Å². The highest BCUT2D eigenvalue weighted by molar-refractivity contribution is 7.99. The van der Waals surface area contributed by atoms with Gasteiger partial charge in [-0.2, -0.15) is 0 Å². The molecule has 2 N–H and O–H groups in total. The van der Waals surface area contributed by atoms with Gasteiger partial charge in [0.15, 0.2) is 0 Å². The van der Waals surface area contributed by atoms with Gasteiger partial charge in [0.25, 0.3) is 5.91 Å². The molecule has 1 unspecified atom stereocenters. The molecule has 0 radical (unpaired) electrons. The largest absolute Gasteiger partial charge is 0.383 e. The number of nitrogens with zero attached hydrogens (tertiary/aromatic N) is 5. The van der Waals surface area contributed by atoms with Gasteiger partial charge in [-0.15, -0.1) is 0 Å². The summed E-state index contributed by atoms with van der Waals surface area (Å²) in [6, 6.07) is 11.8. The molecule has 1 amide bonds. The van der Waals surface area contributed by atoms with Crippen LogP contribution in [0.4, 0.5) is 23.0 Å². The number of carbonyl (C=O) groups is 1. The van der Waals surface area contributed by atoms with Crippen LogP contribution in [0.15, 0.2) is 47.6 Å². The molecule has 12 heteroatoms. The van der Waals surface area contributed by atoms with Gasteiger partial charge in [0.1, 0.15) is 5.03 Å². The fourth-order valence-corrected chi connectivity index (χ4v) is 6.40. The first kappa shape index (κ1) is 27.9. The number of hydrogen-bond donors (Lipinski definition) is 2. The van der Waals surface area contributed by atoms with E-state index in [9.17, 15) is 4.79 Å². The van der Waals surface area contributed by atoms with Crippen LogP contribution in [-0.4, -0.2) is 80.1 Å². The Morgan fingerprint density at radius 2 is 2.03 bits per heavy atom. The summed E-state index contributed by atoms with van der Waals surface area (Å²) in [5.41, 5.74) is 4.22. The van der Waals surface area contributed by atoms with E-state index in [1.165, 1.54) is 23.0 Å². The lowest BCUT2D eigenvalue weighted by Gasteiger charge is -2.36. The lowest BCUT2D eigenvalue weighted by molar-refractivity contribution is 0.0985. The van der Waals surface area contributed by atoms with Crippen molar-refractivity contribution in [2.24, 2.45) is 0 Å². The molecule has 0 spiro atoms. The smallest absolute Gasteiger partial charge is 0.263 e.